The third kappa shape index (κ3) is 4.58. The van der Waals surface area contributed by atoms with Crippen molar-refractivity contribution >= 4 is 5.91 Å². The fourth-order valence-electron chi connectivity index (χ4n) is 5.08. The molecule has 1 heterocycles. The van der Waals surface area contributed by atoms with Gasteiger partial charge in [-0.05, 0) is 48.1 Å². The lowest BCUT2D eigenvalue weighted by Crippen LogP contribution is -2.32. The molecule has 3 aromatic rings. The Hall–Kier alpha value is -3.87. The van der Waals surface area contributed by atoms with Gasteiger partial charge in [0.15, 0.2) is 11.5 Å². The highest BCUT2D eigenvalue weighted by molar-refractivity contribution is 5.79. The highest BCUT2D eigenvalue weighted by Gasteiger charge is 2.29. The molecular weight excluding hydrogens is 446 g/mol. The number of hydrogen-bond acceptors (Lipinski definition) is 6. The Kier molecular flexibility index (Phi) is 6.40. The number of hydrogen-bond donors (Lipinski definition) is 2. The number of carbonyl (C=O) groups excluding carboxylic acids is 1. The predicted molar refractivity (Wildman–Crippen MR) is 130 cm³/mol. The van der Waals surface area contributed by atoms with Gasteiger partial charge in [0.1, 0.15) is 17.2 Å². The summed E-state index contributed by atoms with van der Waals surface area (Å²) in [5.74, 6) is 1.59. The van der Waals surface area contributed by atoms with E-state index in [0.29, 0.717) is 28.6 Å². The van der Waals surface area contributed by atoms with Gasteiger partial charge < -0.3 is 29.4 Å². The van der Waals surface area contributed by atoms with Crippen molar-refractivity contribution in [2.75, 3.05) is 21.0 Å². The number of benzene rings is 3. The maximum atomic E-state index is 13.4. The molecule has 2 unspecified atom stereocenters. The van der Waals surface area contributed by atoms with Crippen molar-refractivity contribution in [1.29, 1.82) is 0 Å². The van der Waals surface area contributed by atoms with Crippen LogP contribution < -0.4 is 24.3 Å². The summed E-state index contributed by atoms with van der Waals surface area (Å²) in [4.78, 5) is 13.4. The molecule has 3 aromatic carbocycles. The van der Waals surface area contributed by atoms with Crippen molar-refractivity contribution in [1.82, 2.24) is 5.32 Å². The smallest absolute Gasteiger partial charge is 0.231 e. The highest BCUT2D eigenvalue weighted by atomic mass is 16.7. The Morgan fingerprint density at radius 1 is 1.09 bits per heavy atom. The van der Waals surface area contributed by atoms with Crippen LogP contribution >= 0.6 is 0 Å². The van der Waals surface area contributed by atoms with E-state index in [1.54, 1.807) is 6.07 Å². The second kappa shape index (κ2) is 9.78. The van der Waals surface area contributed by atoms with E-state index in [9.17, 15) is 9.90 Å². The van der Waals surface area contributed by atoms with Crippen molar-refractivity contribution in [2.45, 2.75) is 37.6 Å². The number of phenolic OH excluding ortho intramolecular Hbond substituents is 1. The van der Waals surface area contributed by atoms with Gasteiger partial charge in [0.05, 0.1) is 20.3 Å². The summed E-state index contributed by atoms with van der Waals surface area (Å²) in [6, 6.07) is 17.1. The standard InChI is InChI=1S/C28H29NO6/c1-32-19-13-23(30)28(26(14-19)33-2)21(18-10-11-24-25(12-18)35-16-34-24)15-27(31)29-22-9-5-7-17-6-3-4-8-20(17)22/h3-4,6,8,10-14,21-22,30H,5,7,9,15-16H2,1-2H3,(H,29,31). The topological polar surface area (TPSA) is 86.3 Å². The van der Waals surface area contributed by atoms with Crippen molar-refractivity contribution in [2.24, 2.45) is 0 Å². The second-order valence-electron chi connectivity index (χ2n) is 8.84. The summed E-state index contributed by atoms with van der Waals surface area (Å²) in [6.45, 7) is 0.155. The van der Waals surface area contributed by atoms with Crippen LogP contribution in [0.5, 0.6) is 28.7 Å². The number of phenols is 1. The molecule has 1 aliphatic carbocycles. The first-order valence-corrected chi connectivity index (χ1v) is 11.8. The summed E-state index contributed by atoms with van der Waals surface area (Å²) in [5.41, 5.74) is 3.79. The number of carbonyl (C=O) groups is 1. The highest BCUT2D eigenvalue weighted by Crippen LogP contribution is 2.45. The summed E-state index contributed by atoms with van der Waals surface area (Å²) in [7, 11) is 3.06. The minimum Gasteiger partial charge on any atom is -0.507 e. The zero-order valence-electron chi connectivity index (χ0n) is 19.9. The van der Waals surface area contributed by atoms with Gasteiger partial charge in [-0.2, -0.15) is 0 Å². The lowest BCUT2D eigenvalue weighted by Gasteiger charge is -2.28. The molecule has 1 amide bonds. The molecule has 0 aromatic heterocycles. The number of amides is 1. The van der Waals surface area contributed by atoms with E-state index in [1.165, 1.54) is 31.4 Å². The summed E-state index contributed by atoms with van der Waals surface area (Å²) >= 11 is 0. The predicted octanol–water partition coefficient (Wildman–Crippen LogP) is 4.85. The molecular formula is C28H29NO6. The molecule has 0 saturated heterocycles. The minimum atomic E-state index is -0.482. The molecule has 0 radical (unpaired) electrons. The molecule has 2 aliphatic rings. The third-order valence-electron chi connectivity index (χ3n) is 6.79. The second-order valence-corrected chi connectivity index (χ2v) is 8.84. The van der Waals surface area contributed by atoms with Gasteiger partial charge in [0.2, 0.25) is 12.7 Å². The molecule has 35 heavy (non-hydrogen) atoms. The molecule has 0 bridgehead atoms. The zero-order chi connectivity index (χ0) is 24.4. The van der Waals surface area contributed by atoms with Crippen LogP contribution in [0.15, 0.2) is 54.6 Å². The molecule has 0 fully saturated rings. The van der Waals surface area contributed by atoms with Crippen LogP contribution in [0, 0.1) is 0 Å². The summed E-state index contributed by atoms with van der Waals surface area (Å²) < 4.78 is 21.9. The Balaban J connectivity index is 1.49. The molecule has 2 atom stereocenters. The van der Waals surface area contributed by atoms with E-state index < -0.39 is 5.92 Å². The van der Waals surface area contributed by atoms with Gasteiger partial charge in [0, 0.05) is 30.0 Å². The van der Waals surface area contributed by atoms with Gasteiger partial charge in [0.25, 0.3) is 0 Å². The Labute approximate surface area is 204 Å². The van der Waals surface area contributed by atoms with Crippen LogP contribution in [-0.4, -0.2) is 32.0 Å². The molecule has 1 aliphatic heterocycles. The van der Waals surface area contributed by atoms with Crippen molar-refractivity contribution in [3.8, 4) is 28.7 Å². The van der Waals surface area contributed by atoms with Crippen molar-refractivity contribution < 1.29 is 28.8 Å². The van der Waals surface area contributed by atoms with Crippen LogP contribution in [-0.2, 0) is 11.2 Å². The first-order chi connectivity index (χ1) is 17.1. The van der Waals surface area contributed by atoms with E-state index in [0.717, 1.165) is 24.8 Å². The fraction of sp³-hybridized carbons (Fsp3) is 0.321. The van der Waals surface area contributed by atoms with Gasteiger partial charge in [-0.1, -0.05) is 30.3 Å². The SMILES string of the molecule is COc1cc(O)c(C(CC(=O)NC2CCCc3ccccc32)c2ccc3c(c2)OCO3)c(OC)c1. The minimum absolute atomic E-state index is 0.000297. The first kappa shape index (κ1) is 22.9. The normalized spacial score (nSPS) is 16.8. The van der Waals surface area contributed by atoms with E-state index >= 15 is 0 Å². The monoisotopic (exact) mass is 475 g/mol. The zero-order valence-corrected chi connectivity index (χ0v) is 19.9. The average molecular weight is 476 g/mol. The van der Waals surface area contributed by atoms with Crippen molar-refractivity contribution in [3.05, 3.63) is 76.9 Å². The van der Waals surface area contributed by atoms with Gasteiger partial charge in [-0.25, -0.2) is 0 Å². The van der Waals surface area contributed by atoms with E-state index in [-0.39, 0.29) is 30.9 Å². The van der Waals surface area contributed by atoms with Gasteiger partial charge in [-0.3, -0.25) is 4.79 Å². The van der Waals surface area contributed by atoms with E-state index in [2.05, 4.69) is 17.4 Å². The molecule has 7 heteroatoms. The van der Waals surface area contributed by atoms with Crippen LogP contribution in [0.3, 0.4) is 0 Å². The van der Waals surface area contributed by atoms with Crippen LogP contribution in [0.4, 0.5) is 0 Å². The lowest BCUT2D eigenvalue weighted by atomic mass is 9.85. The van der Waals surface area contributed by atoms with Crippen molar-refractivity contribution in [3.63, 3.8) is 0 Å². The number of fused-ring (bicyclic) bond motifs is 2. The average Bonchev–Trinajstić information content (AvgIpc) is 3.35. The van der Waals surface area contributed by atoms with E-state index in [1.807, 2.05) is 30.3 Å². The number of aromatic hydroxyl groups is 1. The maximum Gasteiger partial charge on any atom is 0.231 e. The fourth-order valence-corrected chi connectivity index (χ4v) is 5.08. The number of nitrogens with one attached hydrogen (secondary N) is 1. The number of methoxy groups -OCH3 is 2. The summed E-state index contributed by atoms with van der Waals surface area (Å²) in [6.07, 6.45) is 3.07. The molecule has 5 rings (SSSR count). The van der Waals surface area contributed by atoms with Crippen LogP contribution in [0.1, 0.15) is 53.5 Å². The molecule has 2 N–H and O–H groups in total. The number of rotatable bonds is 7. The Morgan fingerprint density at radius 2 is 1.91 bits per heavy atom. The van der Waals surface area contributed by atoms with Crippen LogP contribution in [0.25, 0.3) is 0 Å². The molecule has 0 saturated carbocycles. The first-order valence-electron chi connectivity index (χ1n) is 11.8. The maximum absolute atomic E-state index is 13.4. The van der Waals surface area contributed by atoms with Gasteiger partial charge in [-0.15, -0.1) is 0 Å². The number of aryl methyl sites for hydroxylation is 1. The third-order valence-corrected chi connectivity index (χ3v) is 6.79. The largest absolute Gasteiger partial charge is 0.507 e. The molecule has 182 valence electrons. The molecule has 7 nitrogen and oxygen atoms in total. The number of ether oxygens (including phenoxy) is 4. The molecule has 0 spiro atoms. The van der Waals surface area contributed by atoms with Gasteiger partial charge >= 0.3 is 0 Å². The quantitative estimate of drug-likeness (QED) is 0.508. The Bertz CT molecular complexity index is 1240. The lowest BCUT2D eigenvalue weighted by molar-refractivity contribution is -0.122. The van der Waals surface area contributed by atoms with Crippen LogP contribution in [0.2, 0.25) is 0 Å². The Morgan fingerprint density at radius 3 is 2.74 bits per heavy atom. The van der Waals surface area contributed by atoms with E-state index in [4.69, 9.17) is 18.9 Å². The summed E-state index contributed by atoms with van der Waals surface area (Å²) in [5, 5.41) is 14.2.